The standard InChI is InChI=1S/C17H25NO5/c1-11(2)14-6-5-12(3)9-15(14)23-13(4)17(21)18-7-8-22-10-16(19)20/h5-6,9,11,13H,7-8,10H2,1-4H3,(H,18,21)(H,19,20). The number of hydrogen-bond donors (Lipinski definition) is 2. The van der Waals surface area contributed by atoms with Crippen LogP contribution in [-0.2, 0) is 14.3 Å². The highest BCUT2D eigenvalue weighted by atomic mass is 16.5. The van der Waals surface area contributed by atoms with Crippen LogP contribution in [-0.4, -0.2) is 42.8 Å². The molecule has 0 saturated carbocycles. The van der Waals surface area contributed by atoms with Crippen molar-refractivity contribution >= 4 is 11.9 Å². The number of carboxylic acids is 1. The fourth-order valence-electron chi connectivity index (χ4n) is 2.01. The van der Waals surface area contributed by atoms with E-state index < -0.39 is 12.1 Å². The molecule has 0 radical (unpaired) electrons. The van der Waals surface area contributed by atoms with Crippen LogP contribution in [0, 0.1) is 6.92 Å². The normalized spacial score (nSPS) is 12.0. The molecular formula is C17H25NO5. The van der Waals surface area contributed by atoms with Crippen LogP contribution in [0.4, 0.5) is 0 Å². The Morgan fingerprint density at radius 1 is 1.26 bits per heavy atom. The Morgan fingerprint density at radius 2 is 1.96 bits per heavy atom. The van der Waals surface area contributed by atoms with Crippen LogP contribution in [0.2, 0.25) is 0 Å². The molecule has 0 aromatic heterocycles. The van der Waals surface area contributed by atoms with E-state index in [1.807, 2.05) is 25.1 Å². The van der Waals surface area contributed by atoms with Gasteiger partial charge in [0.2, 0.25) is 0 Å². The van der Waals surface area contributed by atoms with Crippen molar-refractivity contribution in [2.45, 2.75) is 39.7 Å². The highest BCUT2D eigenvalue weighted by molar-refractivity contribution is 5.80. The summed E-state index contributed by atoms with van der Waals surface area (Å²) in [5.41, 5.74) is 2.12. The van der Waals surface area contributed by atoms with Gasteiger partial charge in [0.05, 0.1) is 6.61 Å². The molecule has 0 bridgehead atoms. The average Bonchev–Trinajstić information content (AvgIpc) is 2.46. The van der Waals surface area contributed by atoms with Crippen LogP contribution in [0.5, 0.6) is 5.75 Å². The predicted octanol–water partition coefficient (Wildman–Crippen LogP) is 2.10. The molecule has 0 spiro atoms. The van der Waals surface area contributed by atoms with Crippen molar-refractivity contribution in [2.75, 3.05) is 19.8 Å². The number of rotatable bonds is 9. The Labute approximate surface area is 136 Å². The highest BCUT2D eigenvalue weighted by Gasteiger charge is 2.17. The summed E-state index contributed by atoms with van der Waals surface area (Å²) in [6, 6.07) is 5.96. The molecule has 1 amide bonds. The van der Waals surface area contributed by atoms with E-state index in [9.17, 15) is 9.59 Å². The molecule has 0 fully saturated rings. The molecule has 2 N–H and O–H groups in total. The maximum Gasteiger partial charge on any atom is 0.329 e. The minimum atomic E-state index is -1.03. The number of aryl methyl sites for hydroxylation is 1. The maximum absolute atomic E-state index is 12.0. The van der Waals surface area contributed by atoms with Gasteiger partial charge in [-0.1, -0.05) is 26.0 Å². The fraction of sp³-hybridized carbons (Fsp3) is 0.529. The number of carboxylic acid groups (broad SMARTS) is 1. The van der Waals surface area contributed by atoms with Gasteiger partial charge in [-0.05, 0) is 37.0 Å². The summed E-state index contributed by atoms with van der Waals surface area (Å²) < 4.78 is 10.7. The monoisotopic (exact) mass is 323 g/mol. The van der Waals surface area contributed by atoms with Crippen LogP contribution in [0.25, 0.3) is 0 Å². The second-order valence-electron chi connectivity index (χ2n) is 5.69. The predicted molar refractivity (Wildman–Crippen MR) is 86.8 cm³/mol. The second-order valence-corrected chi connectivity index (χ2v) is 5.69. The van der Waals surface area contributed by atoms with Gasteiger partial charge in [0.15, 0.2) is 6.10 Å². The molecule has 6 nitrogen and oxygen atoms in total. The summed E-state index contributed by atoms with van der Waals surface area (Å²) in [4.78, 5) is 22.3. The zero-order valence-electron chi connectivity index (χ0n) is 14.1. The zero-order chi connectivity index (χ0) is 17.4. The Hall–Kier alpha value is -2.08. The van der Waals surface area contributed by atoms with Crippen molar-refractivity contribution in [3.8, 4) is 5.75 Å². The van der Waals surface area contributed by atoms with Gasteiger partial charge in [-0.3, -0.25) is 4.79 Å². The summed E-state index contributed by atoms with van der Waals surface area (Å²) in [6.45, 7) is 7.81. The molecule has 0 aliphatic rings. The van der Waals surface area contributed by atoms with Crippen LogP contribution in [0.3, 0.4) is 0 Å². The van der Waals surface area contributed by atoms with Crippen LogP contribution < -0.4 is 10.1 Å². The lowest BCUT2D eigenvalue weighted by Gasteiger charge is -2.19. The number of hydrogen-bond acceptors (Lipinski definition) is 4. The SMILES string of the molecule is Cc1ccc(C(C)C)c(OC(C)C(=O)NCCOCC(=O)O)c1. The third kappa shape index (κ3) is 6.69. The van der Waals surface area contributed by atoms with Crippen LogP contribution in [0.15, 0.2) is 18.2 Å². The fourth-order valence-corrected chi connectivity index (χ4v) is 2.01. The number of carbonyl (C=O) groups excluding carboxylic acids is 1. The molecule has 1 aromatic rings. The molecule has 1 atom stereocenters. The van der Waals surface area contributed by atoms with Crippen molar-refractivity contribution in [3.63, 3.8) is 0 Å². The van der Waals surface area contributed by atoms with Gasteiger partial charge >= 0.3 is 5.97 Å². The second kappa shape index (κ2) is 9.15. The van der Waals surface area contributed by atoms with Crippen LogP contribution in [0.1, 0.15) is 37.8 Å². The molecule has 0 aliphatic carbocycles. The lowest BCUT2D eigenvalue weighted by atomic mass is 10.0. The molecule has 1 rings (SSSR count). The maximum atomic E-state index is 12.0. The van der Waals surface area contributed by atoms with Gasteiger partial charge in [0.1, 0.15) is 12.4 Å². The zero-order valence-corrected chi connectivity index (χ0v) is 14.1. The largest absolute Gasteiger partial charge is 0.481 e. The number of benzene rings is 1. The summed E-state index contributed by atoms with van der Waals surface area (Å²) in [7, 11) is 0. The lowest BCUT2D eigenvalue weighted by Crippen LogP contribution is -2.38. The molecule has 0 saturated heterocycles. The molecular weight excluding hydrogens is 298 g/mol. The number of amides is 1. The third-order valence-corrected chi connectivity index (χ3v) is 3.24. The third-order valence-electron chi connectivity index (χ3n) is 3.24. The number of carbonyl (C=O) groups is 2. The Bertz CT molecular complexity index is 542. The molecule has 6 heteroatoms. The Balaban J connectivity index is 2.52. The van der Waals surface area contributed by atoms with E-state index in [-0.39, 0.29) is 25.7 Å². The number of aliphatic carboxylic acids is 1. The minimum Gasteiger partial charge on any atom is -0.481 e. The summed E-state index contributed by atoms with van der Waals surface area (Å²) in [6.07, 6.45) is -0.645. The van der Waals surface area contributed by atoms with E-state index in [1.54, 1.807) is 6.92 Å². The topological polar surface area (TPSA) is 84.9 Å². The molecule has 0 heterocycles. The summed E-state index contributed by atoms with van der Waals surface area (Å²) in [5, 5.41) is 11.1. The van der Waals surface area contributed by atoms with Crippen molar-refractivity contribution in [3.05, 3.63) is 29.3 Å². The van der Waals surface area contributed by atoms with Crippen LogP contribution >= 0.6 is 0 Å². The van der Waals surface area contributed by atoms with Crippen molar-refractivity contribution in [1.29, 1.82) is 0 Å². The first kappa shape index (κ1) is 19.0. The Kier molecular flexibility index (Phi) is 7.54. The van der Waals surface area contributed by atoms with Gasteiger partial charge in [-0.25, -0.2) is 4.79 Å². The Morgan fingerprint density at radius 3 is 2.57 bits per heavy atom. The summed E-state index contributed by atoms with van der Waals surface area (Å²) >= 11 is 0. The first-order valence-electron chi connectivity index (χ1n) is 7.65. The van der Waals surface area contributed by atoms with E-state index in [0.29, 0.717) is 11.7 Å². The number of nitrogens with one attached hydrogen (secondary N) is 1. The summed E-state index contributed by atoms with van der Waals surface area (Å²) in [5.74, 6) is -0.288. The average molecular weight is 323 g/mol. The molecule has 1 unspecified atom stereocenters. The molecule has 0 aliphatic heterocycles. The van der Waals surface area contributed by atoms with Gasteiger partial charge in [-0.2, -0.15) is 0 Å². The smallest absolute Gasteiger partial charge is 0.329 e. The first-order valence-corrected chi connectivity index (χ1v) is 7.65. The van der Waals surface area contributed by atoms with Crippen molar-refractivity contribution in [1.82, 2.24) is 5.32 Å². The molecule has 1 aromatic carbocycles. The van der Waals surface area contributed by atoms with E-state index in [4.69, 9.17) is 14.6 Å². The van der Waals surface area contributed by atoms with Gasteiger partial charge in [0, 0.05) is 6.54 Å². The van der Waals surface area contributed by atoms with Gasteiger partial charge < -0.3 is 19.9 Å². The van der Waals surface area contributed by atoms with Crippen molar-refractivity contribution < 1.29 is 24.2 Å². The van der Waals surface area contributed by atoms with Gasteiger partial charge in [-0.15, -0.1) is 0 Å². The van der Waals surface area contributed by atoms with E-state index in [0.717, 1.165) is 11.1 Å². The molecule has 23 heavy (non-hydrogen) atoms. The quantitative estimate of drug-likeness (QED) is 0.680. The minimum absolute atomic E-state index is 0.145. The van der Waals surface area contributed by atoms with E-state index >= 15 is 0 Å². The van der Waals surface area contributed by atoms with Crippen molar-refractivity contribution in [2.24, 2.45) is 0 Å². The molecule has 128 valence electrons. The highest BCUT2D eigenvalue weighted by Crippen LogP contribution is 2.28. The lowest BCUT2D eigenvalue weighted by molar-refractivity contribution is -0.142. The number of ether oxygens (including phenoxy) is 2. The van der Waals surface area contributed by atoms with E-state index in [1.165, 1.54) is 0 Å². The van der Waals surface area contributed by atoms with Gasteiger partial charge in [0.25, 0.3) is 5.91 Å². The first-order chi connectivity index (χ1) is 10.8. The van der Waals surface area contributed by atoms with E-state index in [2.05, 4.69) is 19.2 Å².